The van der Waals surface area contributed by atoms with E-state index in [2.05, 4.69) is 25.2 Å². The van der Waals surface area contributed by atoms with E-state index in [4.69, 9.17) is 17.0 Å². The predicted octanol–water partition coefficient (Wildman–Crippen LogP) is 5.02. The number of carbonyl (C=O) groups excluding carboxylic acids is 1. The molecule has 0 bridgehead atoms. The van der Waals surface area contributed by atoms with E-state index in [1.165, 1.54) is 0 Å². The Morgan fingerprint density at radius 3 is 2.36 bits per heavy atom. The minimum absolute atomic E-state index is 0.00411. The normalized spacial score (nSPS) is 23.2. The maximum atomic E-state index is 13.7. The Hall–Kier alpha value is -2.33. The van der Waals surface area contributed by atoms with Crippen molar-refractivity contribution >= 4 is 23.5 Å². The summed E-state index contributed by atoms with van der Waals surface area (Å²) < 4.78 is 0. The molecule has 2 aromatic carbocycles. The summed E-state index contributed by atoms with van der Waals surface area (Å²) in [5.41, 5.74) is 2.14. The number of guanidine groups is 1. The summed E-state index contributed by atoms with van der Waals surface area (Å²) in [4.78, 5) is 15.3. The molecule has 4 nitrogen and oxygen atoms in total. The Morgan fingerprint density at radius 1 is 1.11 bits per heavy atom. The molecule has 5 heteroatoms. The maximum absolute atomic E-state index is 13.7. The molecule has 0 radical (unpaired) electrons. The van der Waals surface area contributed by atoms with Gasteiger partial charge in [0.15, 0.2) is 5.96 Å². The first-order valence-corrected chi connectivity index (χ1v) is 10.3. The number of amides is 1. The minimum Gasteiger partial charge on any atom is -0.338 e. The van der Waals surface area contributed by atoms with Crippen LogP contribution in [0.25, 0.3) is 11.1 Å². The number of nitrogens with zero attached hydrogens (tertiary/aromatic N) is 1. The van der Waals surface area contributed by atoms with Crippen molar-refractivity contribution in [2.45, 2.75) is 45.2 Å². The van der Waals surface area contributed by atoms with Gasteiger partial charge in [0.1, 0.15) is 5.54 Å². The summed E-state index contributed by atoms with van der Waals surface area (Å²) in [6.45, 7) is 6.19. The molecule has 1 heterocycles. The first-order valence-electron chi connectivity index (χ1n) is 9.91. The monoisotopic (exact) mass is 395 g/mol. The molecule has 1 saturated carbocycles. The van der Waals surface area contributed by atoms with E-state index in [1.54, 1.807) is 4.90 Å². The highest BCUT2D eigenvalue weighted by Crippen LogP contribution is 2.50. The van der Waals surface area contributed by atoms with E-state index in [-0.39, 0.29) is 29.7 Å². The molecular formula is C23H26ClN3O. The van der Waals surface area contributed by atoms with Gasteiger partial charge in [-0.3, -0.25) is 15.1 Å². The fourth-order valence-electron chi connectivity index (χ4n) is 4.12. The molecule has 1 aliphatic carbocycles. The van der Waals surface area contributed by atoms with Crippen molar-refractivity contribution < 1.29 is 4.79 Å². The van der Waals surface area contributed by atoms with Crippen LogP contribution in [0, 0.1) is 17.2 Å². The van der Waals surface area contributed by atoms with Gasteiger partial charge in [0.2, 0.25) is 0 Å². The molecule has 1 amide bonds. The number of benzene rings is 2. The quantitative estimate of drug-likeness (QED) is 0.746. The van der Waals surface area contributed by atoms with Crippen LogP contribution in [0.5, 0.6) is 0 Å². The fraction of sp³-hybridized carbons (Fsp3) is 0.391. The molecular weight excluding hydrogens is 370 g/mol. The van der Waals surface area contributed by atoms with Gasteiger partial charge in [-0.05, 0) is 66.5 Å². The first kappa shape index (κ1) is 19.0. The van der Waals surface area contributed by atoms with Crippen LogP contribution in [0.15, 0.2) is 48.5 Å². The number of nitrogens with one attached hydrogen (secondary N) is 2. The van der Waals surface area contributed by atoms with Gasteiger partial charge < -0.3 is 5.32 Å². The van der Waals surface area contributed by atoms with Crippen LogP contribution in [0.4, 0.5) is 0 Å². The summed E-state index contributed by atoms with van der Waals surface area (Å²) in [6.07, 6.45) is 1.99. The summed E-state index contributed by atoms with van der Waals surface area (Å²) in [5, 5.41) is 12.5. The van der Waals surface area contributed by atoms with Crippen LogP contribution in [-0.4, -0.2) is 22.8 Å². The summed E-state index contributed by atoms with van der Waals surface area (Å²) in [7, 11) is 0. The number of hydrogen-bond donors (Lipinski definition) is 2. The number of carbonyl (C=O) groups is 1. The van der Waals surface area contributed by atoms with Crippen molar-refractivity contribution in [1.82, 2.24) is 10.2 Å². The average Bonchev–Trinajstić information content (AvgIpc) is 3.48. The van der Waals surface area contributed by atoms with Gasteiger partial charge in [-0.1, -0.05) is 55.8 Å². The Labute approximate surface area is 171 Å². The lowest BCUT2D eigenvalue weighted by atomic mass is 9.83. The molecule has 2 atom stereocenters. The Bertz CT molecular complexity index is 937. The van der Waals surface area contributed by atoms with E-state index in [0.717, 1.165) is 29.5 Å². The standard InChI is InChI=1S/C23H26ClN3O/c1-14(2)15(3)27-21(28)23(18-10-11-18,26-22(27)25)19-8-4-6-16(12-19)17-7-5-9-20(24)13-17/h4-9,12-15,18H,10-11H2,1-3H3,(H2,25,26). The highest BCUT2D eigenvalue weighted by Gasteiger charge is 2.59. The molecule has 4 rings (SSSR count). The van der Waals surface area contributed by atoms with E-state index < -0.39 is 5.54 Å². The Morgan fingerprint density at radius 2 is 1.75 bits per heavy atom. The Kier molecular flexibility index (Phi) is 4.70. The van der Waals surface area contributed by atoms with Gasteiger partial charge in [0.25, 0.3) is 5.91 Å². The predicted molar refractivity (Wildman–Crippen MR) is 113 cm³/mol. The van der Waals surface area contributed by atoms with Crippen molar-refractivity contribution in [3.63, 3.8) is 0 Å². The second kappa shape index (κ2) is 6.93. The van der Waals surface area contributed by atoms with Crippen LogP contribution in [-0.2, 0) is 10.3 Å². The number of rotatable bonds is 5. The van der Waals surface area contributed by atoms with Crippen molar-refractivity contribution in [1.29, 1.82) is 5.41 Å². The molecule has 28 heavy (non-hydrogen) atoms. The van der Waals surface area contributed by atoms with E-state index in [9.17, 15) is 4.79 Å². The second-order valence-electron chi connectivity index (χ2n) is 8.31. The maximum Gasteiger partial charge on any atom is 0.260 e. The third kappa shape index (κ3) is 3.00. The number of hydrogen-bond acceptors (Lipinski definition) is 2. The highest BCUT2D eigenvalue weighted by molar-refractivity contribution is 6.30. The van der Waals surface area contributed by atoms with Gasteiger partial charge in [-0.2, -0.15) is 0 Å². The highest BCUT2D eigenvalue weighted by atomic mass is 35.5. The lowest BCUT2D eigenvalue weighted by Gasteiger charge is -2.30. The van der Waals surface area contributed by atoms with Crippen LogP contribution in [0.1, 0.15) is 39.2 Å². The third-order valence-electron chi connectivity index (χ3n) is 6.15. The largest absolute Gasteiger partial charge is 0.338 e. The van der Waals surface area contributed by atoms with Gasteiger partial charge in [-0.15, -0.1) is 0 Å². The summed E-state index contributed by atoms with van der Waals surface area (Å²) in [6, 6.07) is 15.8. The van der Waals surface area contributed by atoms with Crippen molar-refractivity contribution in [2.75, 3.05) is 0 Å². The van der Waals surface area contributed by atoms with Crippen molar-refractivity contribution in [3.8, 4) is 11.1 Å². The van der Waals surface area contributed by atoms with Gasteiger partial charge in [-0.25, -0.2) is 0 Å². The van der Waals surface area contributed by atoms with Gasteiger partial charge >= 0.3 is 0 Å². The smallest absolute Gasteiger partial charge is 0.260 e. The molecule has 2 N–H and O–H groups in total. The summed E-state index contributed by atoms with van der Waals surface area (Å²) >= 11 is 6.17. The van der Waals surface area contributed by atoms with Gasteiger partial charge in [0.05, 0.1) is 0 Å². The molecule has 0 aromatic heterocycles. The van der Waals surface area contributed by atoms with Crippen molar-refractivity contribution in [2.24, 2.45) is 11.8 Å². The fourth-order valence-corrected chi connectivity index (χ4v) is 4.31. The van der Waals surface area contributed by atoms with E-state index in [0.29, 0.717) is 5.02 Å². The molecule has 1 aliphatic heterocycles. The van der Waals surface area contributed by atoms with Crippen LogP contribution in [0.2, 0.25) is 5.02 Å². The molecule has 0 spiro atoms. The van der Waals surface area contributed by atoms with Gasteiger partial charge in [0, 0.05) is 11.1 Å². The lowest BCUT2D eigenvalue weighted by Crippen LogP contribution is -2.47. The SMILES string of the molecule is CC(C)C(C)N1C(=N)NC(c2cccc(-c3cccc(Cl)c3)c2)(C2CC2)C1=O. The third-order valence-corrected chi connectivity index (χ3v) is 6.39. The molecule has 146 valence electrons. The second-order valence-corrected chi connectivity index (χ2v) is 8.74. The van der Waals surface area contributed by atoms with E-state index >= 15 is 0 Å². The van der Waals surface area contributed by atoms with Crippen LogP contribution < -0.4 is 5.32 Å². The molecule has 2 aromatic rings. The Balaban J connectivity index is 1.79. The van der Waals surface area contributed by atoms with Crippen LogP contribution in [0.3, 0.4) is 0 Å². The first-order chi connectivity index (χ1) is 13.3. The van der Waals surface area contributed by atoms with Crippen LogP contribution >= 0.6 is 11.6 Å². The zero-order chi connectivity index (χ0) is 20.1. The summed E-state index contributed by atoms with van der Waals surface area (Å²) in [5.74, 6) is 0.717. The lowest BCUT2D eigenvalue weighted by molar-refractivity contribution is -0.134. The molecule has 2 fully saturated rings. The van der Waals surface area contributed by atoms with Crippen molar-refractivity contribution in [3.05, 3.63) is 59.1 Å². The minimum atomic E-state index is -0.838. The van der Waals surface area contributed by atoms with E-state index in [1.807, 2.05) is 49.4 Å². The molecule has 1 saturated heterocycles. The zero-order valence-electron chi connectivity index (χ0n) is 16.5. The molecule has 2 unspecified atom stereocenters. The number of halogens is 1. The topological polar surface area (TPSA) is 56.2 Å². The molecule has 2 aliphatic rings. The zero-order valence-corrected chi connectivity index (χ0v) is 17.3. The average molecular weight is 396 g/mol.